The van der Waals surface area contributed by atoms with Crippen molar-refractivity contribution in [3.8, 4) is 44.7 Å². The van der Waals surface area contributed by atoms with Crippen LogP contribution < -0.4 is 23.8 Å². The van der Waals surface area contributed by atoms with Crippen molar-refractivity contribution in [1.29, 1.82) is 0 Å². The van der Waals surface area contributed by atoms with Gasteiger partial charge in [-0.3, -0.25) is 4.90 Å². The molecular formula is C53H60Cl2FN7O9S. The number of fused-ring (bicyclic) bond motifs is 7. The Kier molecular flexibility index (Phi) is 17.0. The Labute approximate surface area is 438 Å². The molecule has 8 heterocycles. The number of thiophene rings is 1. The van der Waals surface area contributed by atoms with Gasteiger partial charge >= 0.3 is 0 Å². The number of nitrogens with zero attached hydrogens (tertiary/aromatic N) is 7. The van der Waals surface area contributed by atoms with Crippen molar-refractivity contribution in [2.24, 2.45) is 0 Å². The Morgan fingerprint density at radius 2 is 1.58 bits per heavy atom. The fourth-order valence-corrected chi connectivity index (χ4v) is 11.1. The van der Waals surface area contributed by atoms with Gasteiger partial charge in [0.25, 0.3) is 0 Å². The average Bonchev–Trinajstić information content (AvgIpc) is 3.80. The first-order valence-corrected chi connectivity index (χ1v) is 26.4. The highest BCUT2D eigenvalue weighted by atomic mass is 35.5. The number of piperazine rings is 1. The third kappa shape index (κ3) is 12.4. The molecule has 0 N–H and O–H groups in total. The summed E-state index contributed by atoms with van der Waals surface area (Å²) in [6.45, 7) is 14.1. The number of hydrogen-bond donors (Lipinski definition) is 0. The lowest BCUT2D eigenvalue weighted by molar-refractivity contribution is -0.119. The molecule has 16 nitrogen and oxygen atoms in total. The third-order valence-electron chi connectivity index (χ3n) is 13.4. The number of halogens is 3. The van der Waals surface area contributed by atoms with Gasteiger partial charge in [-0.05, 0) is 79.5 Å². The SMILES string of the molecule is Cc1c(Cl)c2c(Cl)c(C)c1-c1c(-c3ccc(F)cc3)sc3ncnc(c13)OCCc1cc(ccc1OCc1ccnc(N3CCO[C@H](COCCOCC4COCCO4)C3)n1)OC[C@@H](CN1CCN(C)CC1)O2. The van der Waals surface area contributed by atoms with Crippen LogP contribution in [0.1, 0.15) is 22.4 Å². The van der Waals surface area contributed by atoms with E-state index in [1.54, 1.807) is 18.3 Å². The van der Waals surface area contributed by atoms with E-state index in [0.29, 0.717) is 134 Å². The van der Waals surface area contributed by atoms with Crippen molar-refractivity contribution in [3.05, 3.63) is 99.3 Å². The van der Waals surface area contributed by atoms with Crippen LogP contribution in [0.5, 0.6) is 23.1 Å². The van der Waals surface area contributed by atoms with Crippen molar-refractivity contribution in [2.45, 2.75) is 45.2 Å². The summed E-state index contributed by atoms with van der Waals surface area (Å²) in [5, 5.41) is 1.47. The van der Waals surface area contributed by atoms with E-state index in [2.05, 4.69) is 26.7 Å². The van der Waals surface area contributed by atoms with Gasteiger partial charge in [-0.1, -0.05) is 35.3 Å². The largest absolute Gasteiger partial charge is 0.490 e. The quantitative estimate of drug-likeness (QED) is 0.0968. The molecule has 0 saturated carbocycles. The number of anilines is 1. The number of rotatable bonds is 14. The van der Waals surface area contributed by atoms with Gasteiger partial charge in [0.05, 0.1) is 86.7 Å². The lowest BCUT2D eigenvalue weighted by atomic mass is 9.92. The molecule has 3 aromatic heterocycles. The molecule has 4 bridgehead atoms. The van der Waals surface area contributed by atoms with Gasteiger partial charge in [-0.25, -0.2) is 24.3 Å². The van der Waals surface area contributed by atoms with Crippen LogP contribution in [0.2, 0.25) is 10.0 Å². The maximum Gasteiger partial charge on any atom is 0.226 e. The van der Waals surface area contributed by atoms with Crippen LogP contribution in [0.4, 0.5) is 10.3 Å². The minimum Gasteiger partial charge on any atom is -0.490 e. The van der Waals surface area contributed by atoms with Crippen molar-refractivity contribution in [3.63, 3.8) is 0 Å². The van der Waals surface area contributed by atoms with E-state index in [9.17, 15) is 4.39 Å². The number of hydrogen-bond acceptors (Lipinski definition) is 17. The highest BCUT2D eigenvalue weighted by molar-refractivity contribution is 7.22. The maximum absolute atomic E-state index is 14.4. The summed E-state index contributed by atoms with van der Waals surface area (Å²) in [6, 6.07) is 14.1. The Bertz CT molecular complexity index is 2810. The monoisotopic (exact) mass is 1060 g/mol. The van der Waals surface area contributed by atoms with Crippen molar-refractivity contribution in [1.82, 2.24) is 29.7 Å². The van der Waals surface area contributed by atoms with Crippen molar-refractivity contribution >= 4 is 50.7 Å². The number of likely N-dealkylation sites (N-methyl/N-ethyl adjacent to an activating group) is 1. The van der Waals surface area contributed by atoms with Gasteiger partial charge in [0.2, 0.25) is 11.8 Å². The van der Waals surface area contributed by atoms with E-state index in [0.717, 1.165) is 64.4 Å². The van der Waals surface area contributed by atoms with Crippen LogP contribution in [0, 0.1) is 19.7 Å². The van der Waals surface area contributed by atoms with Gasteiger partial charge in [0.15, 0.2) is 5.75 Å². The number of benzene rings is 3. The Morgan fingerprint density at radius 1 is 0.795 bits per heavy atom. The molecule has 0 spiro atoms. The van der Waals surface area contributed by atoms with E-state index < -0.39 is 6.10 Å². The molecule has 0 aliphatic carbocycles. The van der Waals surface area contributed by atoms with Gasteiger partial charge in [-0.15, -0.1) is 11.3 Å². The third-order valence-corrected chi connectivity index (χ3v) is 15.5. The zero-order chi connectivity index (χ0) is 50.3. The lowest BCUT2D eigenvalue weighted by Crippen LogP contribution is -2.49. The van der Waals surface area contributed by atoms with Gasteiger partial charge in [-0.2, -0.15) is 0 Å². The summed E-state index contributed by atoms with van der Waals surface area (Å²) in [6.07, 6.45) is 3.07. The molecule has 20 heteroatoms. The summed E-state index contributed by atoms with van der Waals surface area (Å²) in [7, 11) is 2.13. The summed E-state index contributed by atoms with van der Waals surface area (Å²) < 4.78 is 69.8. The summed E-state index contributed by atoms with van der Waals surface area (Å²) in [5.41, 5.74) is 5.50. The fourth-order valence-electron chi connectivity index (χ4n) is 9.46. The lowest BCUT2D eigenvalue weighted by Gasteiger charge is -2.35. The molecule has 3 fully saturated rings. The summed E-state index contributed by atoms with van der Waals surface area (Å²) >= 11 is 16.2. The Morgan fingerprint density at radius 3 is 2.36 bits per heavy atom. The van der Waals surface area contributed by atoms with Crippen LogP contribution in [-0.4, -0.2) is 167 Å². The predicted molar refractivity (Wildman–Crippen MR) is 278 cm³/mol. The first-order chi connectivity index (χ1) is 35.6. The first kappa shape index (κ1) is 51.5. The Balaban J connectivity index is 0.898. The smallest absolute Gasteiger partial charge is 0.226 e. The second-order valence-corrected chi connectivity index (χ2v) is 20.3. The molecule has 388 valence electrons. The van der Waals surface area contributed by atoms with Crippen LogP contribution in [-0.2, 0) is 36.7 Å². The normalized spacial score (nSPS) is 20.1. The molecular weight excluding hydrogens is 1000 g/mol. The molecule has 3 saturated heterocycles. The fraction of sp³-hybridized carbons (Fsp3) is 0.472. The van der Waals surface area contributed by atoms with E-state index in [1.165, 1.54) is 29.8 Å². The average molecular weight is 1060 g/mol. The zero-order valence-corrected chi connectivity index (χ0v) is 43.6. The molecule has 3 atom stereocenters. The molecule has 1 unspecified atom stereocenters. The first-order valence-electron chi connectivity index (χ1n) is 24.8. The molecule has 73 heavy (non-hydrogen) atoms. The second-order valence-electron chi connectivity index (χ2n) is 18.6. The van der Waals surface area contributed by atoms with Crippen LogP contribution >= 0.6 is 34.5 Å². The zero-order valence-electron chi connectivity index (χ0n) is 41.3. The molecule has 5 aliphatic rings. The van der Waals surface area contributed by atoms with Gasteiger partial charge < -0.3 is 52.4 Å². The number of aromatic nitrogens is 4. The van der Waals surface area contributed by atoms with E-state index in [1.807, 2.05) is 38.1 Å². The standard InChI is InChI=1S/C53H60Cl2FN7O9S/c1-33-44-34(2)48(55)49(47(33)54)72-41(25-62-15-13-61(3)14-16-62)31-70-39-8-9-43(36(24-39)11-18-69-51-46-45(44)50(73-52(46)59-32-58-51)35-4-6-37(56)7-5-35)71-27-38-10-12-57-53(60-38)63-17-19-67-40(26-63)28-64-20-21-65-29-42-30-66-22-23-68-42/h4-10,12,24,32,40-42H,11,13-23,25-31H2,1-3H3/t40-,41+,42?/m0/s1. The summed E-state index contributed by atoms with van der Waals surface area (Å²) in [5.74, 6) is 2.32. The summed E-state index contributed by atoms with van der Waals surface area (Å²) in [4.78, 5) is 27.3. The van der Waals surface area contributed by atoms with Crippen LogP contribution in [0.25, 0.3) is 31.8 Å². The van der Waals surface area contributed by atoms with E-state index in [4.69, 9.17) is 80.8 Å². The van der Waals surface area contributed by atoms with Crippen LogP contribution in [0.3, 0.4) is 0 Å². The highest BCUT2D eigenvalue weighted by Gasteiger charge is 2.31. The van der Waals surface area contributed by atoms with Gasteiger partial charge in [0.1, 0.15) is 53.9 Å². The topological polar surface area (TPSA) is 144 Å². The van der Waals surface area contributed by atoms with Gasteiger partial charge in [0, 0.05) is 74.4 Å². The number of ether oxygens (including phenoxy) is 9. The molecule has 11 rings (SSSR count). The number of morpholine rings is 1. The molecule has 6 aromatic rings. The molecule has 3 aromatic carbocycles. The molecule has 5 aliphatic heterocycles. The second kappa shape index (κ2) is 24.1. The highest BCUT2D eigenvalue weighted by Crippen LogP contribution is 2.53. The molecule has 0 amide bonds. The molecule has 0 radical (unpaired) electrons. The van der Waals surface area contributed by atoms with Crippen molar-refractivity contribution in [2.75, 3.05) is 124 Å². The maximum atomic E-state index is 14.4. The predicted octanol–water partition coefficient (Wildman–Crippen LogP) is 8.12. The Hall–Kier alpha value is -4.99. The minimum absolute atomic E-state index is 0.0352. The van der Waals surface area contributed by atoms with E-state index >= 15 is 0 Å². The van der Waals surface area contributed by atoms with Crippen LogP contribution in [0.15, 0.2) is 61.1 Å². The van der Waals surface area contributed by atoms with E-state index in [-0.39, 0.29) is 37.8 Å². The van der Waals surface area contributed by atoms with Crippen molar-refractivity contribution < 1.29 is 47.0 Å². The minimum atomic E-state index is -0.443.